The molecule has 1 heterocycles. The maximum atomic E-state index is 12.4. The van der Waals surface area contributed by atoms with Crippen LogP contribution in [0.5, 0.6) is 5.75 Å². The molecule has 0 saturated carbocycles. The minimum Gasteiger partial charge on any atom is -0.492 e. The van der Waals surface area contributed by atoms with E-state index in [0.29, 0.717) is 26.4 Å². The van der Waals surface area contributed by atoms with E-state index in [2.05, 4.69) is 5.32 Å². The summed E-state index contributed by atoms with van der Waals surface area (Å²) >= 11 is 0. The molecule has 1 N–H and O–H groups in total. The molecule has 0 aliphatic carbocycles. The molecule has 25 heavy (non-hydrogen) atoms. The van der Waals surface area contributed by atoms with Gasteiger partial charge in [-0.05, 0) is 19.1 Å². The average molecular weight is 341 g/mol. The lowest BCUT2D eigenvalue weighted by molar-refractivity contribution is -0.228. The van der Waals surface area contributed by atoms with Crippen molar-refractivity contribution < 1.29 is 19.0 Å². The van der Waals surface area contributed by atoms with Gasteiger partial charge in [-0.15, -0.1) is 0 Å². The van der Waals surface area contributed by atoms with Crippen LogP contribution in [0.25, 0.3) is 0 Å². The standard InChI is InChI=1S/C20H23NO4/c1-20(14-24-18(25-15-20)16-8-4-2-5-9-16)19(22)21-12-13-23-17-10-6-3-7-11-17/h2-11,18H,12-15H2,1H3,(H,21,22). The summed E-state index contributed by atoms with van der Waals surface area (Å²) in [6.45, 7) is 3.34. The van der Waals surface area contributed by atoms with Crippen LogP contribution in [0.1, 0.15) is 18.8 Å². The Morgan fingerprint density at radius 2 is 1.68 bits per heavy atom. The molecule has 1 amide bonds. The molecule has 1 aliphatic rings. The van der Waals surface area contributed by atoms with E-state index in [0.717, 1.165) is 11.3 Å². The molecule has 3 rings (SSSR count). The number of hydrogen-bond donors (Lipinski definition) is 1. The average Bonchev–Trinajstić information content (AvgIpc) is 2.67. The molecule has 0 atom stereocenters. The van der Waals surface area contributed by atoms with Gasteiger partial charge in [-0.1, -0.05) is 48.5 Å². The van der Waals surface area contributed by atoms with Crippen molar-refractivity contribution in [2.24, 2.45) is 5.41 Å². The van der Waals surface area contributed by atoms with E-state index in [1.807, 2.05) is 67.6 Å². The maximum Gasteiger partial charge on any atom is 0.230 e. The van der Waals surface area contributed by atoms with Crippen molar-refractivity contribution in [2.75, 3.05) is 26.4 Å². The lowest BCUT2D eigenvalue weighted by Gasteiger charge is -2.36. The van der Waals surface area contributed by atoms with E-state index in [4.69, 9.17) is 14.2 Å². The third-order valence-electron chi connectivity index (χ3n) is 4.13. The van der Waals surface area contributed by atoms with E-state index in [-0.39, 0.29) is 5.91 Å². The summed E-state index contributed by atoms with van der Waals surface area (Å²) in [6.07, 6.45) is -0.413. The first-order valence-electron chi connectivity index (χ1n) is 8.42. The minimum absolute atomic E-state index is 0.0873. The molecule has 0 radical (unpaired) electrons. The SMILES string of the molecule is CC1(C(=O)NCCOc2ccccc2)COC(c2ccccc2)OC1. The largest absolute Gasteiger partial charge is 0.492 e. The Morgan fingerprint density at radius 1 is 1.08 bits per heavy atom. The van der Waals surface area contributed by atoms with Crippen molar-refractivity contribution in [1.29, 1.82) is 0 Å². The molecule has 5 heteroatoms. The van der Waals surface area contributed by atoms with E-state index in [1.165, 1.54) is 0 Å². The van der Waals surface area contributed by atoms with Gasteiger partial charge in [0.25, 0.3) is 0 Å². The van der Waals surface area contributed by atoms with Crippen molar-refractivity contribution >= 4 is 5.91 Å². The second kappa shape index (κ2) is 8.14. The highest BCUT2D eigenvalue weighted by Gasteiger charge is 2.39. The number of rotatable bonds is 6. The third-order valence-corrected chi connectivity index (χ3v) is 4.13. The molecule has 2 aromatic rings. The Bertz CT molecular complexity index is 667. The van der Waals surface area contributed by atoms with Crippen LogP contribution in [0.15, 0.2) is 60.7 Å². The monoisotopic (exact) mass is 341 g/mol. The fraction of sp³-hybridized carbons (Fsp3) is 0.350. The first kappa shape index (κ1) is 17.5. The second-order valence-corrected chi connectivity index (χ2v) is 6.34. The Labute approximate surface area is 147 Å². The first-order chi connectivity index (χ1) is 12.2. The number of ether oxygens (including phenoxy) is 3. The lowest BCUT2D eigenvalue weighted by atomic mass is 9.90. The summed E-state index contributed by atoms with van der Waals surface area (Å²) in [5.41, 5.74) is 0.263. The topological polar surface area (TPSA) is 56.8 Å². The Morgan fingerprint density at radius 3 is 2.32 bits per heavy atom. The molecule has 0 bridgehead atoms. The van der Waals surface area contributed by atoms with Gasteiger partial charge in [-0.2, -0.15) is 0 Å². The van der Waals surface area contributed by atoms with Crippen LogP contribution in [-0.4, -0.2) is 32.3 Å². The summed E-state index contributed by atoms with van der Waals surface area (Å²) in [4.78, 5) is 12.4. The van der Waals surface area contributed by atoms with E-state index in [9.17, 15) is 4.79 Å². The van der Waals surface area contributed by atoms with Gasteiger partial charge in [-0.3, -0.25) is 4.79 Å². The smallest absolute Gasteiger partial charge is 0.230 e. The van der Waals surface area contributed by atoms with Crippen LogP contribution in [0.2, 0.25) is 0 Å². The van der Waals surface area contributed by atoms with Crippen molar-refractivity contribution in [1.82, 2.24) is 5.32 Å². The van der Waals surface area contributed by atoms with E-state index in [1.54, 1.807) is 0 Å². The zero-order valence-electron chi connectivity index (χ0n) is 14.3. The van der Waals surface area contributed by atoms with Crippen LogP contribution in [0.4, 0.5) is 0 Å². The van der Waals surface area contributed by atoms with Gasteiger partial charge < -0.3 is 19.5 Å². The highest BCUT2D eigenvalue weighted by Crippen LogP contribution is 2.31. The van der Waals surface area contributed by atoms with E-state index >= 15 is 0 Å². The quantitative estimate of drug-likeness (QED) is 0.821. The molecule has 1 aliphatic heterocycles. The highest BCUT2D eigenvalue weighted by atomic mass is 16.7. The van der Waals surface area contributed by atoms with Crippen LogP contribution in [0.3, 0.4) is 0 Å². The summed E-state index contributed by atoms with van der Waals surface area (Å²) in [7, 11) is 0. The Balaban J connectivity index is 1.43. The number of carbonyl (C=O) groups excluding carboxylic acids is 1. The molecule has 5 nitrogen and oxygen atoms in total. The van der Waals surface area contributed by atoms with Gasteiger partial charge in [0.15, 0.2) is 6.29 Å². The van der Waals surface area contributed by atoms with Crippen molar-refractivity contribution in [3.8, 4) is 5.75 Å². The predicted molar refractivity (Wildman–Crippen MR) is 94.1 cm³/mol. The van der Waals surface area contributed by atoms with Gasteiger partial charge in [0.2, 0.25) is 5.91 Å². The first-order valence-corrected chi connectivity index (χ1v) is 8.42. The predicted octanol–water partition coefficient (Wildman–Crippen LogP) is 2.93. The maximum absolute atomic E-state index is 12.4. The van der Waals surface area contributed by atoms with Gasteiger partial charge in [0.1, 0.15) is 12.4 Å². The highest BCUT2D eigenvalue weighted by molar-refractivity contribution is 5.82. The van der Waals surface area contributed by atoms with Gasteiger partial charge in [0, 0.05) is 5.56 Å². The normalized spacial score (nSPS) is 23.0. The second-order valence-electron chi connectivity index (χ2n) is 6.34. The summed E-state index contributed by atoms with van der Waals surface area (Å²) in [5.74, 6) is 0.702. The fourth-order valence-corrected chi connectivity index (χ4v) is 2.61. The molecular weight excluding hydrogens is 318 g/mol. The zero-order valence-corrected chi connectivity index (χ0v) is 14.3. The summed E-state index contributed by atoms with van der Waals surface area (Å²) < 4.78 is 17.1. The number of para-hydroxylation sites is 1. The molecule has 0 unspecified atom stereocenters. The number of benzene rings is 2. The molecular formula is C20H23NO4. The molecule has 2 aromatic carbocycles. The van der Waals surface area contributed by atoms with Gasteiger partial charge in [0.05, 0.1) is 25.2 Å². The fourth-order valence-electron chi connectivity index (χ4n) is 2.61. The summed E-state index contributed by atoms with van der Waals surface area (Å²) in [6, 6.07) is 19.3. The lowest BCUT2D eigenvalue weighted by Crippen LogP contribution is -2.49. The van der Waals surface area contributed by atoms with Crippen molar-refractivity contribution in [3.63, 3.8) is 0 Å². The number of hydrogen-bond acceptors (Lipinski definition) is 4. The summed E-state index contributed by atoms with van der Waals surface area (Å²) in [5, 5.41) is 2.89. The Hall–Kier alpha value is -2.37. The van der Waals surface area contributed by atoms with Crippen LogP contribution in [-0.2, 0) is 14.3 Å². The molecule has 1 fully saturated rings. The molecule has 1 saturated heterocycles. The minimum atomic E-state index is -0.696. The van der Waals surface area contributed by atoms with Crippen LogP contribution in [0, 0.1) is 5.41 Å². The van der Waals surface area contributed by atoms with Gasteiger partial charge in [-0.25, -0.2) is 0 Å². The van der Waals surface area contributed by atoms with Crippen molar-refractivity contribution in [2.45, 2.75) is 13.2 Å². The third kappa shape index (κ3) is 4.59. The molecule has 132 valence electrons. The van der Waals surface area contributed by atoms with E-state index < -0.39 is 11.7 Å². The van der Waals surface area contributed by atoms with Crippen LogP contribution >= 0.6 is 0 Å². The number of nitrogens with one attached hydrogen (secondary N) is 1. The van der Waals surface area contributed by atoms with Crippen LogP contribution < -0.4 is 10.1 Å². The number of amides is 1. The van der Waals surface area contributed by atoms with Crippen molar-refractivity contribution in [3.05, 3.63) is 66.2 Å². The Kier molecular flexibility index (Phi) is 5.68. The zero-order chi connectivity index (χ0) is 17.5. The molecule has 0 spiro atoms. The molecule has 0 aromatic heterocycles. The van der Waals surface area contributed by atoms with Gasteiger partial charge >= 0.3 is 0 Å². The number of carbonyl (C=O) groups is 1.